The summed E-state index contributed by atoms with van der Waals surface area (Å²) in [5, 5.41) is 1.28. The fourth-order valence-electron chi connectivity index (χ4n) is 3.42. The number of rotatable bonds is 5. The standard InChI is InChI=1S/C19H22N2OS2/c1-20-11-13(12-22)9-10-16(20)17-14-7-5-6-8-15(14)21(2)18(17)19(23-3)24-4/h5-12,16,19H,1-4H3. The van der Waals surface area contributed by atoms with Crippen LogP contribution in [0.5, 0.6) is 0 Å². The van der Waals surface area contributed by atoms with Crippen molar-refractivity contribution in [3.63, 3.8) is 0 Å². The number of aromatic nitrogens is 1. The van der Waals surface area contributed by atoms with Gasteiger partial charge >= 0.3 is 0 Å². The summed E-state index contributed by atoms with van der Waals surface area (Å²) in [5.41, 5.74) is 4.65. The number of hydrogen-bond donors (Lipinski definition) is 0. The Bertz CT molecular complexity index is 818. The van der Waals surface area contributed by atoms with E-state index in [4.69, 9.17) is 0 Å². The molecule has 0 radical (unpaired) electrons. The summed E-state index contributed by atoms with van der Waals surface area (Å²) in [6.07, 6.45) is 11.2. The Kier molecular flexibility index (Phi) is 5.11. The van der Waals surface area contributed by atoms with Gasteiger partial charge in [0.1, 0.15) is 0 Å². The van der Waals surface area contributed by atoms with E-state index in [1.165, 1.54) is 22.2 Å². The van der Waals surface area contributed by atoms with Crippen LogP contribution in [-0.2, 0) is 11.8 Å². The number of para-hydroxylation sites is 1. The predicted octanol–water partition coefficient (Wildman–Crippen LogP) is 4.53. The van der Waals surface area contributed by atoms with E-state index >= 15 is 0 Å². The first-order valence-corrected chi connectivity index (χ1v) is 10.4. The van der Waals surface area contributed by atoms with Crippen molar-refractivity contribution in [2.45, 2.75) is 10.6 Å². The first-order chi connectivity index (χ1) is 11.6. The molecule has 2 heterocycles. The summed E-state index contributed by atoms with van der Waals surface area (Å²) >= 11 is 3.73. The summed E-state index contributed by atoms with van der Waals surface area (Å²) in [6, 6.07) is 8.71. The van der Waals surface area contributed by atoms with Gasteiger partial charge in [0.15, 0.2) is 6.29 Å². The van der Waals surface area contributed by atoms with Gasteiger partial charge in [0, 0.05) is 48.0 Å². The average Bonchev–Trinajstić information content (AvgIpc) is 2.89. The molecule has 0 spiro atoms. The zero-order chi connectivity index (χ0) is 17.3. The Labute approximate surface area is 151 Å². The fourth-order valence-corrected chi connectivity index (χ4v) is 5.21. The maximum atomic E-state index is 11.1. The Hall–Kier alpha value is -1.59. The molecule has 0 fully saturated rings. The number of aryl methyl sites for hydroxylation is 1. The van der Waals surface area contributed by atoms with E-state index in [1.807, 2.05) is 42.8 Å². The van der Waals surface area contributed by atoms with Crippen molar-refractivity contribution >= 4 is 40.7 Å². The minimum Gasteiger partial charge on any atom is -0.369 e. The highest BCUT2D eigenvalue weighted by atomic mass is 32.2. The van der Waals surface area contributed by atoms with Gasteiger partial charge < -0.3 is 9.47 Å². The first-order valence-electron chi connectivity index (χ1n) is 7.82. The second kappa shape index (κ2) is 7.11. The number of nitrogens with zero attached hydrogens (tertiary/aromatic N) is 2. The second-order valence-corrected chi connectivity index (χ2v) is 8.08. The van der Waals surface area contributed by atoms with Gasteiger partial charge in [-0.1, -0.05) is 30.4 Å². The molecular formula is C19H22N2OS2. The molecule has 24 heavy (non-hydrogen) atoms. The van der Waals surface area contributed by atoms with Crippen LogP contribution in [0.3, 0.4) is 0 Å². The third-order valence-electron chi connectivity index (χ3n) is 4.54. The van der Waals surface area contributed by atoms with Crippen LogP contribution >= 0.6 is 23.5 Å². The van der Waals surface area contributed by atoms with Crippen LogP contribution in [-0.4, -0.2) is 35.3 Å². The van der Waals surface area contributed by atoms with Crippen LogP contribution in [0.15, 0.2) is 48.2 Å². The van der Waals surface area contributed by atoms with E-state index in [2.05, 4.69) is 59.4 Å². The van der Waals surface area contributed by atoms with E-state index in [-0.39, 0.29) is 6.04 Å². The van der Waals surface area contributed by atoms with Crippen molar-refractivity contribution in [1.82, 2.24) is 9.47 Å². The number of aldehydes is 1. The molecule has 1 aromatic carbocycles. The number of hydrogen-bond acceptors (Lipinski definition) is 4. The number of fused-ring (bicyclic) bond motifs is 1. The highest BCUT2D eigenvalue weighted by Crippen LogP contribution is 2.45. The van der Waals surface area contributed by atoms with Crippen molar-refractivity contribution in [2.24, 2.45) is 7.05 Å². The molecular weight excluding hydrogens is 336 g/mol. The van der Waals surface area contributed by atoms with Gasteiger partial charge in [0.05, 0.1) is 10.6 Å². The second-order valence-electron chi connectivity index (χ2n) is 5.89. The molecule has 1 unspecified atom stereocenters. The van der Waals surface area contributed by atoms with Crippen molar-refractivity contribution in [3.05, 3.63) is 59.4 Å². The Balaban J connectivity index is 2.23. The average molecular weight is 359 g/mol. The lowest BCUT2D eigenvalue weighted by Crippen LogP contribution is -2.22. The van der Waals surface area contributed by atoms with E-state index < -0.39 is 0 Å². The molecule has 3 rings (SSSR count). The Morgan fingerprint density at radius 3 is 2.50 bits per heavy atom. The molecule has 1 aromatic heterocycles. The monoisotopic (exact) mass is 358 g/mol. The van der Waals surface area contributed by atoms with Crippen LogP contribution < -0.4 is 0 Å². The summed E-state index contributed by atoms with van der Waals surface area (Å²) in [5.74, 6) is 0. The number of carbonyl (C=O) groups excluding carboxylic acids is 1. The smallest absolute Gasteiger partial charge is 0.151 e. The summed E-state index contributed by atoms with van der Waals surface area (Å²) < 4.78 is 2.69. The predicted molar refractivity (Wildman–Crippen MR) is 106 cm³/mol. The molecule has 1 atom stereocenters. The van der Waals surface area contributed by atoms with Gasteiger partial charge in [-0.2, -0.15) is 0 Å². The maximum absolute atomic E-state index is 11.1. The van der Waals surface area contributed by atoms with Crippen LogP contribution in [0.2, 0.25) is 0 Å². The molecule has 0 N–H and O–H groups in total. The zero-order valence-corrected chi connectivity index (χ0v) is 16.0. The number of likely N-dealkylation sites (N-methyl/N-ethyl adjacent to an activating group) is 1. The van der Waals surface area contributed by atoms with Gasteiger partial charge in [-0.25, -0.2) is 0 Å². The van der Waals surface area contributed by atoms with Crippen molar-refractivity contribution in [2.75, 3.05) is 19.6 Å². The topological polar surface area (TPSA) is 25.2 Å². The minimum atomic E-state index is 0.136. The Morgan fingerprint density at radius 2 is 1.88 bits per heavy atom. The van der Waals surface area contributed by atoms with Crippen LogP contribution in [0.25, 0.3) is 10.9 Å². The van der Waals surface area contributed by atoms with Gasteiger partial charge in [0.2, 0.25) is 0 Å². The molecule has 0 bridgehead atoms. The van der Waals surface area contributed by atoms with E-state index in [9.17, 15) is 4.79 Å². The van der Waals surface area contributed by atoms with Crippen LogP contribution in [0.1, 0.15) is 21.9 Å². The largest absolute Gasteiger partial charge is 0.369 e. The van der Waals surface area contributed by atoms with Crippen molar-refractivity contribution < 1.29 is 4.79 Å². The number of benzene rings is 1. The fraction of sp³-hybridized carbons (Fsp3) is 0.316. The molecule has 126 valence electrons. The van der Waals surface area contributed by atoms with E-state index in [0.717, 1.165) is 6.29 Å². The van der Waals surface area contributed by atoms with Crippen molar-refractivity contribution in [3.8, 4) is 0 Å². The molecule has 3 nitrogen and oxygen atoms in total. The van der Waals surface area contributed by atoms with Gasteiger partial charge in [0.25, 0.3) is 0 Å². The molecule has 1 aliphatic rings. The number of carbonyl (C=O) groups is 1. The third-order valence-corrected chi connectivity index (χ3v) is 7.00. The summed E-state index contributed by atoms with van der Waals surface area (Å²) in [4.78, 5) is 13.2. The minimum absolute atomic E-state index is 0.136. The van der Waals surface area contributed by atoms with E-state index in [0.29, 0.717) is 10.2 Å². The highest BCUT2D eigenvalue weighted by molar-refractivity contribution is 8.15. The summed E-state index contributed by atoms with van der Waals surface area (Å²) in [7, 11) is 4.19. The molecule has 0 amide bonds. The zero-order valence-electron chi connectivity index (χ0n) is 14.4. The lowest BCUT2D eigenvalue weighted by molar-refractivity contribution is -0.104. The quantitative estimate of drug-likeness (QED) is 0.579. The third kappa shape index (κ3) is 2.80. The number of thioether (sulfide) groups is 2. The molecule has 1 aliphatic heterocycles. The number of allylic oxidation sites excluding steroid dienone is 2. The lowest BCUT2D eigenvalue weighted by atomic mass is 9.98. The van der Waals surface area contributed by atoms with E-state index in [1.54, 1.807) is 0 Å². The van der Waals surface area contributed by atoms with Gasteiger partial charge in [-0.15, -0.1) is 23.5 Å². The lowest BCUT2D eigenvalue weighted by Gasteiger charge is -2.29. The normalized spacial score (nSPS) is 17.6. The molecule has 0 aliphatic carbocycles. The maximum Gasteiger partial charge on any atom is 0.151 e. The molecule has 0 saturated carbocycles. The highest BCUT2D eigenvalue weighted by Gasteiger charge is 2.28. The van der Waals surface area contributed by atoms with Crippen molar-refractivity contribution in [1.29, 1.82) is 0 Å². The SMILES string of the molecule is CSC(SC)c1c(C2C=CC(C=O)=CN2C)c2ccccc2n1C. The van der Waals surface area contributed by atoms with Crippen LogP contribution in [0.4, 0.5) is 0 Å². The molecule has 2 aromatic rings. The molecule has 0 saturated heterocycles. The molecule has 5 heteroatoms. The first kappa shape index (κ1) is 17.2. The van der Waals surface area contributed by atoms with Gasteiger partial charge in [-0.3, -0.25) is 4.79 Å². The summed E-state index contributed by atoms with van der Waals surface area (Å²) in [6.45, 7) is 0. The Morgan fingerprint density at radius 1 is 1.17 bits per heavy atom. The van der Waals surface area contributed by atoms with Gasteiger partial charge in [-0.05, 0) is 18.6 Å². The van der Waals surface area contributed by atoms with Crippen LogP contribution in [0, 0.1) is 0 Å².